The highest BCUT2D eigenvalue weighted by molar-refractivity contribution is 6.22. The monoisotopic (exact) mass is 966 g/mol. The van der Waals surface area contributed by atoms with Crippen molar-refractivity contribution in [3.63, 3.8) is 0 Å². The minimum Gasteiger partial charge on any atom is -0.295 e. The number of aromatic nitrogens is 4. The Morgan fingerprint density at radius 1 is 0.461 bits per heavy atom. The maximum atomic E-state index is 6.09. The first kappa shape index (κ1) is 41.8. The first-order valence-electron chi connectivity index (χ1n) is 26.6. The number of rotatable bonds is 6. The van der Waals surface area contributed by atoms with Gasteiger partial charge >= 0.3 is 0 Å². The van der Waals surface area contributed by atoms with Crippen LogP contribution in [0.4, 0.5) is 0 Å². The number of allylic oxidation sites excluding steroid dienone is 7. The van der Waals surface area contributed by atoms with Crippen LogP contribution in [0.1, 0.15) is 41.1 Å². The number of benzene rings is 10. The molecule has 4 heteroatoms. The molecule has 17 rings (SSSR count). The van der Waals surface area contributed by atoms with Crippen molar-refractivity contribution in [2.75, 3.05) is 0 Å². The number of para-hydroxylation sites is 2. The van der Waals surface area contributed by atoms with Gasteiger partial charge in [-0.05, 0) is 119 Å². The van der Waals surface area contributed by atoms with Crippen LogP contribution >= 0.6 is 0 Å². The summed E-state index contributed by atoms with van der Waals surface area (Å²) in [6.45, 7) is 0. The first-order chi connectivity index (χ1) is 37.7. The molecule has 1 fully saturated rings. The van der Waals surface area contributed by atoms with E-state index in [1.807, 2.05) is 0 Å². The third-order valence-electron chi connectivity index (χ3n) is 17.2. The molecule has 2 unspecified atom stereocenters. The molecule has 0 saturated heterocycles. The molecular weight excluding hydrogens is 921 g/mol. The van der Waals surface area contributed by atoms with Gasteiger partial charge in [-0.3, -0.25) is 9.13 Å². The largest absolute Gasteiger partial charge is 0.295 e. The zero-order chi connectivity index (χ0) is 49.6. The van der Waals surface area contributed by atoms with Gasteiger partial charge < -0.3 is 0 Å². The molecule has 5 aliphatic rings. The van der Waals surface area contributed by atoms with Crippen molar-refractivity contribution in [3.05, 3.63) is 292 Å². The normalized spacial score (nSPS) is 17.6. The molecule has 4 nitrogen and oxygen atoms in total. The molecule has 0 radical (unpaired) electrons. The molecule has 0 amide bonds. The third kappa shape index (κ3) is 5.62. The van der Waals surface area contributed by atoms with Crippen LogP contribution in [0.15, 0.2) is 254 Å². The Morgan fingerprint density at radius 3 is 1.66 bits per heavy atom. The quantitative estimate of drug-likeness (QED) is 0.156. The van der Waals surface area contributed by atoms with Crippen molar-refractivity contribution in [1.82, 2.24) is 19.1 Å². The van der Waals surface area contributed by atoms with E-state index in [1.165, 1.54) is 98.5 Å². The summed E-state index contributed by atoms with van der Waals surface area (Å²) in [6, 6.07) is 77.7. The molecule has 2 bridgehead atoms. The second kappa shape index (κ2) is 15.7. The fraction of sp³-hybridized carbons (Fsp3) is 0.0556. The summed E-state index contributed by atoms with van der Waals surface area (Å²) in [4.78, 5) is 12.2. The summed E-state index contributed by atoms with van der Waals surface area (Å²) in [5.74, 6) is 2.22. The average molecular weight is 967 g/mol. The zero-order valence-electron chi connectivity index (χ0n) is 41.5. The Morgan fingerprint density at radius 2 is 1.00 bits per heavy atom. The van der Waals surface area contributed by atoms with Crippen molar-refractivity contribution in [3.8, 4) is 45.1 Å². The predicted octanol–water partition coefficient (Wildman–Crippen LogP) is 15.5. The van der Waals surface area contributed by atoms with Crippen LogP contribution in [0.25, 0.3) is 106 Å². The lowest BCUT2D eigenvalue weighted by Crippen LogP contribution is -2.29. The van der Waals surface area contributed by atoms with E-state index in [1.54, 1.807) is 0 Å². The maximum absolute atomic E-state index is 6.09. The van der Waals surface area contributed by atoms with Crippen LogP contribution in [-0.4, -0.2) is 19.1 Å². The molecule has 2 atom stereocenters. The Hall–Kier alpha value is -9.64. The van der Waals surface area contributed by atoms with Gasteiger partial charge in [-0.15, -0.1) is 0 Å². The Bertz CT molecular complexity index is 4720. The standard InChI is InChI=1S/C72H46N4/c1-5-22-44(23-6-1)60-46-26-13-14-27-47(42-46)62(54-35-18-15-32-51(54)60)70-73-66-59-41-40-48-43-72(48)65(59)63-57(38-21-39-58(63)68(66)75(70)49-28-9-3-10-29-49)67-69(72)76(50-30-11-4-12-31-50)71(74-67)64-55-36-19-16-33-52(55)61(45-24-7-2-8-25-45)53-34-17-20-37-56(53)64/h1-41,48H,42-43H2. The average Bonchev–Trinajstić information content (AvgIpc) is 3.69. The lowest BCUT2D eigenvalue weighted by Gasteiger charge is -2.32. The van der Waals surface area contributed by atoms with Crippen LogP contribution in [0.5, 0.6) is 0 Å². The van der Waals surface area contributed by atoms with E-state index in [2.05, 4.69) is 258 Å². The van der Waals surface area contributed by atoms with Crippen molar-refractivity contribution >= 4 is 60.6 Å². The molecule has 10 aromatic carbocycles. The van der Waals surface area contributed by atoms with Gasteiger partial charge in [-0.25, -0.2) is 9.97 Å². The number of hydrogen-bond donors (Lipinski definition) is 0. The molecule has 1 saturated carbocycles. The fourth-order valence-corrected chi connectivity index (χ4v) is 14.1. The van der Waals surface area contributed by atoms with Gasteiger partial charge in [0.15, 0.2) is 0 Å². The van der Waals surface area contributed by atoms with Gasteiger partial charge in [0.2, 0.25) is 0 Å². The van der Waals surface area contributed by atoms with Crippen LogP contribution in [0.2, 0.25) is 0 Å². The molecule has 0 aliphatic heterocycles. The molecule has 1 spiro atoms. The zero-order valence-corrected chi connectivity index (χ0v) is 41.5. The van der Waals surface area contributed by atoms with E-state index in [4.69, 9.17) is 9.97 Å². The Kier molecular flexibility index (Phi) is 8.63. The predicted molar refractivity (Wildman–Crippen MR) is 312 cm³/mol. The summed E-state index contributed by atoms with van der Waals surface area (Å²) >= 11 is 0. The maximum Gasteiger partial charge on any atom is 0.146 e. The first-order valence-corrected chi connectivity index (χ1v) is 26.6. The Labute approximate surface area is 439 Å². The van der Waals surface area contributed by atoms with E-state index >= 15 is 0 Å². The van der Waals surface area contributed by atoms with Crippen molar-refractivity contribution < 1.29 is 0 Å². The van der Waals surface area contributed by atoms with Crippen molar-refractivity contribution in [1.29, 1.82) is 0 Å². The van der Waals surface area contributed by atoms with Gasteiger partial charge in [-0.1, -0.05) is 225 Å². The molecule has 0 N–H and O–H groups in total. The lowest BCUT2D eigenvalue weighted by molar-refractivity contribution is 0.729. The van der Waals surface area contributed by atoms with Gasteiger partial charge in [0.25, 0.3) is 0 Å². The number of fused-ring (bicyclic) bond motifs is 10. The number of imidazole rings is 2. The van der Waals surface area contributed by atoms with Gasteiger partial charge in [0, 0.05) is 44.4 Å². The van der Waals surface area contributed by atoms with E-state index in [9.17, 15) is 0 Å². The highest BCUT2D eigenvalue weighted by atomic mass is 15.1. The summed E-state index contributed by atoms with van der Waals surface area (Å²) in [7, 11) is 0. The van der Waals surface area contributed by atoms with E-state index in [0.29, 0.717) is 5.92 Å². The molecule has 5 aliphatic carbocycles. The second-order valence-corrected chi connectivity index (χ2v) is 21.1. The highest BCUT2D eigenvalue weighted by Crippen LogP contribution is 2.69. The Balaban J connectivity index is 1.01. The molecule has 76 heavy (non-hydrogen) atoms. The van der Waals surface area contributed by atoms with Crippen molar-refractivity contribution in [2.45, 2.75) is 18.3 Å². The van der Waals surface area contributed by atoms with Crippen molar-refractivity contribution in [2.24, 2.45) is 5.92 Å². The summed E-state index contributed by atoms with van der Waals surface area (Å²) in [5.41, 5.74) is 20.0. The van der Waals surface area contributed by atoms with Gasteiger partial charge in [0.1, 0.15) is 11.6 Å². The van der Waals surface area contributed by atoms with Gasteiger partial charge in [0.05, 0.1) is 22.4 Å². The molecule has 354 valence electrons. The summed E-state index contributed by atoms with van der Waals surface area (Å²) in [5, 5.41) is 9.72. The topological polar surface area (TPSA) is 35.6 Å². The molecule has 2 aromatic heterocycles. The summed E-state index contributed by atoms with van der Waals surface area (Å²) < 4.78 is 5.05. The smallest absolute Gasteiger partial charge is 0.146 e. The highest BCUT2D eigenvalue weighted by Gasteiger charge is 2.63. The molecule has 2 heterocycles. The minimum atomic E-state index is -0.330. The minimum absolute atomic E-state index is 0.299. The van der Waals surface area contributed by atoms with E-state index < -0.39 is 0 Å². The van der Waals surface area contributed by atoms with E-state index in [0.717, 1.165) is 63.7 Å². The number of nitrogens with zero attached hydrogens (tertiary/aromatic N) is 4. The number of hydrogen-bond acceptors (Lipinski definition) is 2. The summed E-state index contributed by atoms with van der Waals surface area (Å²) in [6.07, 6.45) is 15.8. The fourth-order valence-electron chi connectivity index (χ4n) is 14.1. The van der Waals surface area contributed by atoms with Gasteiger partial charge in [-0.2, -0.15) is 0 Å². The molecule has 12 aromatic rings. The second-order valence-electron chi connectivity index (χ2n) is 21.1. The van der Waals surface area contributed by atoms with Crippen LogP contribution in [-0.2, 0) is 5.41 Å². The lowest BCUT2D eigenvalue weighted by atomic mass is 9.73. The van der Waals surface area contributed by atoms with Crippen LogP contribution in [0, 0.1) is 5.92 Å². The SMILES string of the molecule is C1=CC=C2CC(=C1)C(c1ccccc1)=c1ccccc1=C2c1nc2c3c4c5c(cccc5c2n1-c1ccccc1)-c1nc(-c2c5ccccc5c(-c5ccccc5)c5ccccc25)n(-c2ccccc2)c1C41CC1C=C3. The third-order valence-corrected chi connectivity index (χ3v) is 17.2. The van der Waals surface area contributed by atoms with E-state index in [-0.39, 0.29) is 5.41 Å². The van der Waals surface area contributed by atoms with Crippen LogP contribution < -0.4 is 10.4 Å². The van der Waals surface area contributed by atoms with Crippen LogP contribution in [0.3, 0.4) is 0 Å². The molecular formula is C72H46N4.